The second-order valence-electron chi connectivity index (χ2n) is 6.45. The summed E-state index contributed by atoms with van der Waals surface area (Å²) in [4.78, 5) is 9.82. The number of ether oxygens (including phenoxy) is 1. The van der Waals surface area contributed by atoms with Gasteiger partial charge in [-0.05, 0) is 44.5 Å². The molecule has 2 rings (SSSR count). The fraction of sp³-hybridized carbons (Fsp3) is 0.294. The molecule has 2 aromatic rings. The molecule has 0 fully saturated rings. The number of aryl methyl sites for hydroxylation is 1. The molecular formula is C17H21N3O7S2. The summed E-state index contributed by atoms with van der Waals surface area (Å²) in [5, 5.41) is 11.0. The first-order valence-corrected chi connectivity index (χ1v) is 11.3. The molecule has 12 heteroatoms. The average Bonchev–Trinajstić information content (AvgIpc) is 2.60. The van der Waals surface area contributed by atoms with Crippen molar-refractivity contribution >= 4 is 31.4 Å². The van der Waals surface area contributed by atoms with Gasteiger partial charge in [0.25, 0.3) is 15.7 Å². The van der Waals surface area contributed by atoms with Crippen molar-refractivity contribution in [2.45, 2.75) is 36.6 Å². The molecule has 0 amide bonds. The minimum atomic E-state index is -4.27. The van der Waals surface area contributed by atoms with E-state index in [4.69, 9.17) is 4.74 Å². The van der Waals surface area contributed by atoms with Crippen LogP contribution in [0, 0.1) is 17.0 Å². The predicted octanol–water partition coefficient (Wildman–Crippen LogP) is 2.40. The number of nitrogens with zero attached hydrogens (tertiary/aromatic N) is 1. The summed E-state index contributed by atoms with van der Waals surface area (Å²) in [5.74, 6) is 0.0835. The lowest BCUT2D eigenvalue weighted by Gasteiger charge is -2.15. The zero-order chi connectivity index (χ0) is 22.0. The molecule has 0 radical (unpaired) electrons. The average molecular weight is 444 g/mol. The normalized spacial score (nSPS) is 12.0. The van der Waals surface area contributed by atoms with Gasteiger partial charge in [0.2, 0.25) is 10.0 Å². The molecule has 0 unspecified atom stereocenters. The van der Waals surface area contributed by atoms with Gasteiger partial charge in [0.05, 0.1) is 27.5 Å². The Hall–Kier alpha value is -2.70. The predicted molar refractivity (Wildman–Crippen MR) is 107 cm³/mol. The third-order valence-corrected chi connectivity index (χ3v) is 6.95. The molecule has 0 heterocycles. The SMILES string of the molecule is COc1ccc(S(=O)(=O)NC(C)C)cc1NS(=O)(=O)c1cc([N+](=O)[O-])ccc1C. The molecule has 10 nitrogen and oxygen atoms in total. The Morgan fingerprint density at radius 2 is 1.69 bits per heavy atom. The van der Waals surface area contributed by atoms with Gasteiger partial charge in [0, 0.05) is 18.2 Å². The number of nitro groups is 1. The number of sulfonamides is 2. The Morgan fingerprint density at radius 1 is 1.03 bits per heavy atom. The topological polar surface area (TPSA) is 145 Å². The summed E-state index contributed by atoms with van der Waals surface area (Å²) < 4.78 is 60.3. The Labute approximate surface area is 169 Å². The van der Waals surface area contributed by atoms with Gasteiger partial charge >= 0.3 is 0 Å². The second kappa shape index (κ2) is 8.35. The van der Waals surface area contributed by atoms with Gasteiger partial charge in [-0.3, -0.25) is 14.8 Å². The van der Waals surface area contributed by atoms with Crippen LogP contribution in [0.5, 0.6) is 5.75 Å². The van der Waals surface area contributed by atoms with Crippen molar-refractivity contribution in [1.29, 1.82) is 0 Å². The van der Waals surface area contributed by atoms with E-state index in [1.54, 1.807) is 13.8 Å². The van der Waals surface area contributed by atoms with Gasteiger partial charge in [0.1, 0.15) is 5.75 Å². The molecule has 0 saturated carbocycles. The number of benzene rings is 2. The van der Waals surface area contributed by atoms with Gasteiger partial charge in [0.15, 0.2) is 0 Å². The molecule has 158 valence electrons. The molecule has 0 saturated heterocycles. The van der Waals surface area contributed by atoms with Crippen molar-refractivity contribution < 1.29 is 26.5 Å². The van der Waals surface area contributed by atoms with Gasteiger partial charge in [-0.25, -0.2) is 21.6 Å². The van der Waals surface area contributed by atoms with E-state index in [2.05, 4.69) is 9.44 Å². The van der Waals surface area contributed by atoms with Gasteiger partial charge in [-0.2, -0.15) is 0 Å². The molecule has 0 aromatic heterocycles. The molecule has 2 N–H and O–H groups in total. The van der Waals surface area contributed by atoms with E-state index in [1.807, 2.05) is 0 Å². The number of rotatable bonds is 8. The highest BCUT2D eigenvalue weighted by molar-refractivity contribution is 7.92. The van der Waals surface area contributed by atoms with E-state index < -0.39 is 25.0 Å². The molecule has 0 aliphatic carbocycles. The van der Waals surface area contributed by atoms with Crippen molar-refractivity contribution in [3.05, 3.63) is 52.1 Å². The highest BCUT2D eigenvalue weighted by Gasteiger charge is 2.24. The quantitative estimate of drug-likeness (QED) is 0.471. The number of non-ortho nitro benzene ring substituents is 1. The van der Waals surface area contributed by atoms with Crippen molar-refractivity contribution in [3.63, 3.8) is 0 Å². The third kappa shape index (κ3) is 5.22. The minimum Gasteiger partial charge on any atom is -0.495 e. The van der Waals surface area contributed by atoms with Crippen molar-refractivity contribution in [1.82, 2.24) is 4.72 Å². The summed E-state index contributed by atoms with van der Waals surface area (Å²) in [6, 6.07) is 6.79. The molecule has 0 aliphatic heterocycles. The minimum absolute atomic E-state index is 0.0835. The lowest BCUT2D eigenvalue weighted by Crippen LogP contribution is -2.30. The Morgan fingerprint density at radius 3 is 2.24 bits per heavy atom. The van der Waals surface area contributed by atoms with Crippen LogP contribution in [0.3, 0.4) is 0 Å². The van der Waals surface area contributed by atoms with Crippen LogP contribution < -0.4 is 14.2 Å². The van der Waals surface area contributed by atoms with Crippen LogP contribution in [0.15, 0.2) is 46.2 Å². The van der Waals surface area contributed by atoms with Crippen molar-refractivity contribution in [2.24, 2.45) is 0 Å². The van der Waals surface area contributed by atoms with E-state index in [0.29, 0.717) is 0 Å². The first-order chi connectivity index (χ1) is 13.4. The number of hydrogen-bond acceptors (Lipinski definition) is 7. The highest BCUT2D eigenvalue weighted by Crippen LogP contribution is 2.31. The van der Waals surface area contributed by atoms with Crippen molar-refractivity contribution in [3.8, 4) is 5.75 Å². The smallest absolute Gasteiger partial charge is 0.270 e. The number of methoxy groups -OCH3 is 1. The van der Waals surface area contributed by atoms with E-state index >= 15 is 0 Å². The summed E-state index contributed by atoms with van der Waals surface area (Å²) in [6.45, 7) is 4.79. The number of anilines is 1. The Bertz CT molecular complexity index is 1140. The summed E-state index contributed by atoms with van der Waals surface area (Å²) in [5.41, 5.74) is -0.224. The monoisotopic (exact) mass is 443 g/mol. The van der Waals surface area contributed by atoms with E-state index in [-0.39, 0.29) is 38.5 Å². The zero-order valence-corrected chi connectivity index (χ0v) is 17.8. The highest BCUT2D eigenvalue weighted by atomic mass is 32.2. The molecule has 0 bridgehead atoms. The van der Waals surface area contributed by atoms with E-state index in [0.717, 1.165) is 12.1 Å². The lowest BCUT2D eigenvalue weighted by molar-refractivity contribution is -0.385. The Balaban J connectivity index is 2.54. The van der Waals surface area contributed by atoms with Gasteiger partial charge < -0.3 is 4.74 Å². The molecular weight excluding hydrogens is 422 g/mol. The standard InChI is InChI=1S/C17H21N3O7S2/c1-11(2)18-28(23,24)14-7-8-16(27-4)15(10-14)19-29(25,26)17-9-13(20(21)22)6-5-12(17)3/h5-11,18-19H,1-4H3. The first kappa shape index (κ1) is 22.6. The molecule has 0 atom stereocenters. The maximum atomic E-state index is 12.8. The summed E-state index contributed by atoms with van der Waals surface area (Å²) in [7, 11) is -6.85. The fourth-order valence-electron chi connectivity index (χ4n) is 2.50. The van der Waals surface area contributed by atoms with Crippen LogP contribution in [-0.2, 0) is 20.0 Å². The Kier molecular flexibility index (Phi) is 6.50. The maximum absolute atomic E-state index is 12.8. The lowest BCUT2D eigenvalue weighted by atomic mass is 10.2. The first-order valence-electron chi connectivity index (χ1n) is 8.35. The molecule has 2 aromatic carbocycles. The number of hydrogen-bond donors (Lipinski definition) is 2. The van der Waals surface area contributed by atoms with Crippen LogP contribution in [-0.4, -0.2) is 34.9 Å². The summed E-state index contributed by atoms with van der Waals surface area (Å²) in [6.07, 6.45) is 0. The van der Waals surface area contributed by atoms with Gasteiger partial charge in [-0.1, -0.05) is 6.07 Å². The van der Waals surface area contributed by atoms with Crippen LogP contribution >= 0.6 is 0 Å². The van der Waals surface area contributed by atoms with E-state index in [9.17, 15) is 26.9 Å². The molecule has 0 spiro atoms. The molecule has 0 aliphatic rings. The molecule has 29 heavy (non-hydrogen) atoms. The zero-order valence-electron chi connectivity index (χ0n) is 16.2. The largest absolute Gasteiger partial charge is 0.495 e. The number of nitrogens with one attached hydrogen (secondary N) is 2. The van der Waals surface area contributed by atoms with Crippen LogP contribution in [0.1, 0.15) is 19.4 Å². The van der Waals surface area contributed by atoms with E-state index in [1.165, 1.54) is 38.3 Å². The van der Waals surface area contributed by atoms with Gasteiger partial charge in [-0.15, -0.1) is 0 Å². The summed E-state index contributed by atoms with van der Waals surface area (Å²) >= 11 is 0. The number of nitro benzene ring substituents is 1. The second-order valence-corrected chi connectivity index (χ2v) is 9.82. The maximum Gasteiger partial charge on any atom is 0.270 e. The fourth-order valence-corrected chi connectivity index (χ4v) is 5.11. The van der Waals surface area contributed by atoms with Crippen molar-refractivity contribution in [2.75, 3.05) is 11.8 Å². The van der Waals surface area contributed by atoms with Crippen LogP contribution in [0.2, 0.25) is 0 Å². The van der Waals surface area contributed by atoms with Crippen LogP contribution in [0.25, 0.3) is 0 Å². The van der Waals surface area contributed by atoms with Crippen LogP contribution in [0.4, 0.5) is 11.4 Å². The third-order valence-electron chi connectivity index (χ3n) is 3.79.